The molecule has 0 atom stereocenters. The lowest BCUT2D eigenvalue weighted by Crippen LogP contribution is -2.41. The van der Waals surface area contributed by atoms with Crippen molar-refractivity contribution in [2.24, 2.45) is 13.0 Å². The fourth-order valence-electron chi connectivity index (χ4n) is 3.58. The van der Waals surface area contributed by atoms with Gasteiger partial charge in [0, 0.05) is 55.1 Å². The summed E-state index contributed by atoms with van der Waals surface area (Å²) in [6.45, 7) is 0.681. The number of aryl methyl sites for hydroxylation is 1. The van der Waals surface area contributed by atoms with E-state index in [1.54, 1.807) is 6.20 Å². The highest BCUT2D eigenvalue weighted by Crippen LogP contribution is 2.27. The largest absolute Gasteiger partial charge is 0.339 e. The molecular weight excluding hydrogens is 434 g/mol. The van der Waals surface area contributed by atoms with Gasteiger partial charge in [0.05, 0.1) is 5.56 Å². The molecule has 1 saturated heterocycles. The number of piperidine rings is 1. The number of hydrogen-bond acceptors (Lipinski definition) is 4. The summed E-state index contributed by atoms with van der Waals surface area (Å²) in [4.78, 5) is 32.0. The van der Waals surface area contributed by atoms with Crippen LogP contribution in [0.15, 0.2) is 64.9 Å². The second-order valence-electron chi connectivity index (χ2n) is 7.63. The highest BCUT2D eigenvalue weighted by atomic mass is 32.2. The monoisotopic (exact) mass is 456 g/mol. The molecule has 0 spiro atoms. The molecule has 1 aliphatic heterocycles. The normalized spacial score (nSPS) is 14.4. The number of carbonyl (C=O) groups is 2. The maximum Gasteiger partial charge on any atom is 0.256 e. The third-order valence-electron chi connectivity index (χ3n) is 5.42. The molecule has 1 N–H and O–H groups in total. The SMILES string of the molecule is Cn1ccnc1Sc1ccc(NC(=O)C2CCN(C(=O)c3ccc(F)cc3F)CC2)cc1. The molecule has 2 amide bonds. The van der Waals surface area contributed by atoms with Crippen molar-refractivity contribution in [2.45, 2.75) is 22.9 Å². The number of rotatable bonds is 5. The molecule has 2 aromatic carbocycles. The van der Waals surface area contributed by atoms with E-state index in [4.69, 9.17) is 0 Å². The minimum atomic E-state index is -0.876. The molecule has 0 bridgehead atoms. The van der Waals surface area contributed by atoms with Crippen molar-refractivity contribution in [1.29, 1.82) is 0 Å². The van der Waals surface area contributed by atoms with Crippen LogP contribution in [0.2, 0.25) is 0 Å². The van der Waals surface area contributed by atoms with Crippen molar-refractivity contribution < 1.29 is 18.4 Å². The number of benzene rings is 2. The van der Waals surface area contributed by atoms with Gasteiger partial charge in [0.2, 0.25) is 5.91 Å². The Morgan fingerprint density at radius 2 is 1.81 bits per heavy atom. The molecule has 3 aromatic rings. The standard InChI is InChI=1S/C23H22F2N4O2S/c1-28-13-10-26-23(28)32-18-5-3-17(4-6-18)27-21(30)15-8-11-29(12-9-15)22(31)19-7-2-16(24)14-20(19)25/h2-7,10,13-15H,8-9,11-12H2,1H3,(H,27,30). The number of imidazole rings is 1. The van der Waals surface area contributed by atoms with E-state index in [0.717, 1.165) is 22.2 Å². The van der Waals surface area contributed by atoms with Gasteiger partial charge in [0.25, 0.3) is 5.91 Å². The summed E-state index contributed by atoms with van der Waals surface area (Å²) in [5.41, 5.74) is 0.545. The Bertz CT molecular complexity index is 1130. The van der Waals surface area contributed by atoms with E-state index in [9.17, 15) is 18.4 Å². The smallest absolute Gasteiger partial charge is 0.256 e. The van der Waals surface area contributed by atoms with Crippen molar-refractivity contribution in [2.75, 3.05) is 18.4 Å². The topological polar surface area (TPSA) is 67.2 Å². The summed E-state index contributed by atoms with van der Waals surface area (Å²) in [7, 11) is 1.93. The predicted molar refractivity (Wildman–Crippen MR) is 117 cm³/mol. The van der Waals surface area contributed by atoms with Crippen LogP contribution in [0.5, 0.6) is 0 Å². The molecule has 0 saturated carbocycles. The van der Waals surface area contributed by atoms with E-state index in [-0.39, 0.29) is 17.4 Å². The van der Waals surface area contributed by atoms with Crippen LogP contribution in [0.1, 0.15) is 23.2 Å². The Morgan fingerprint density at radius 3 is 2.44 bits per heavy atom. The fraction of sp³-hybridized carbons (Fsp3) is 0.261. The summed E-state index contributed by atoms with van der Waals surface area (Å²) in [5.74, 6) is -2.42. The minimum Gasteiger partial charge on any atom is -0.339 e. The quantitative estimate of drug-likeness (QED) is 0.620. The summed E-state index contributed by atoms with van der Waals surface area (Å²) < 4.78 is 28.9. The first-order chi connectivity index (χ1) is 15.4. The molecule has 166 valence electrons. The van der Waals surface area contributed by atoms with Crippen molar-refractivity contribution in [3.05, 3.63) is 72.1 Å². The summed E-state index contributed by atoms with van der Waals surface area (Å²) in [6.07, 6.45) is 4.58. The van der Waals surface area contributed by atoms with Gasteiger partial charge in [-0.25, -0.2) is 13.8 Å². The maximum atomic E-state index is 13.9. The molecule has 9 heteroatoms. The minimum absolute atomic E-state index is 0.102. The van der Waals surface area contributed by atoms with Gasteiger partial charge in [-0.3, -0.25) is 9.59 Å². The second kappa shape index (κ2) is 9.52. The number of aromatic nitrogens is 2. The van der Waals surface area contributed by atoms with Gasteiger partial charge in [0.15, 0.2) is 5.16 Å². The zero-order valence-corrected chi connectivity index (χ0v) is 18.2. The average Bonchev–Trinajstić information content (AvgIpc) is 3.19. The van der Waals surface area contributed by atoms with Crippen LogP contribution in [0.25, 0.3) is 0 Å². The van der Waals surface area contributed by atoms with Crippen molar-refractivity contribution >= 4 is 29.3 Å². The summed E-state index contributed by atoms with van der Waals surface area (Å²) in [5, 5.41) is 3.80. The molecule has 0 unspecified atom stereocenters. The second-order valence-corrected chi connectivity index (χ2v) is 8.67. The molecule has 1 aromatic heterocycles. The van der Waals surface area contributed by atoms with Crippen LogP contribution in [0.4, 0.5) is 14.5 Å². The zero-order chi connectivity index (χ0) is 22.7. The molecule has 0 radical (unpaired) electrons. The Kier molecular flexibility index (Phi) is 6.55. The lowest BCUT2D eigenvalue weighted by Gasteiger charge is -2.31. The first kappa shape index (κ1) is 22.0. The van der Waals surface area contributed by atoms with E-state index < -0.39 is 17.5 Å². The number of halogens is 2. The van der Waals surface area contributed by atoms with Gasteiger partial charge in [-0.2, -0.15) is 0 Å². The molecule has 32 heavy (non-hydrogen) atoms. The Hall–Kier alpha value is -3.20. The van der Waals surface area contributed by atoms with Gasteiger partial charge in [-0.05, 0) is 49.2 Å². The first-order valence-corrected chi connectivity index (χ1v) is 11.0. The first-order valence-electron chi connectivity index (χ1n) is 10.2. The van der Waals surface area contributed by atoms with Gasteiger partial charge < -0.3 is 14.8 Å². The molecule has 2 heterocycles. The Balaban J connectivity index is 1.30. The highest BCUT2D eigenvalue weighted by molar-refractivity contribution is 7.99. The predicted octanol–water partition coefficient (Wildman–Crippen LogP) is 4.34. The van der Waals surface area contributed by atoms with Crippen molar-refractivity contribution in [1.82, 2.24) is 14.5 Å². The Morgan fingerprint density at radius 1 is 1.09 bits per heavy atom. The third kappa shape index (κ3) is 4.99. The van der Waals surface area contributed by atoms with Gasteiger partial charge in [-0.1, -0.05) is 11.8 Å². The molecule has 6 nitrogen and oxygen atoms in total. The van der Waals surface area contributed by atoms with Crippen LogP contribution in [0.3, 0.4) is 0 Å². The van der Waals surface area contributed by atoms with Crippen molar-refractivity contribution in [3.8, 4) is 0 Å². The average molecular weight is 457 g/mol. The number of likely N-dealkylation sites (tertiary alicyclic amines) is 1. The van der Waals surface area contributed by atoms with Gasteiger partial charge in [-0.15, -0.1) is 0 Å². The number of anilines is 1. The van der Waals surface area contributed by atoms with Crippen LogP contribution in [-0.4, -0.2) is 39.4 Å². The molecular formula is C23H22F2N4O2S. The van der Waals surface area contributed by atoms with E-state index in [1.165, 1.54) is 16.7 Å². The molecule has 1 fully saturated rings. The molecule has 4 rings (SSSR count). The molecule has 1 aliphatic rings. The fourth-order valence-corrected chi connectivity index (χ4v) is 4.39. The number of nitrogens with one attached hydrogen (secondary N) is 1. The van der Waals surface area contributed by atoms with E-state index in [2.05, 4.69) is 10.3 Å². The van der Waals surface area contributed by atoms with Crippen LogP contribution >= 0.6 is 11.8 Å². The summed E-state index contributed by atoms with van der Waals surface area (Å²) in [6, 6.07) is 10.5. The Labute approximate surface area is 188 Å². The number of carbonyl (C=O) groups excluding carboxylic acids is 2. The number of amides is 2. The molecule has 0 aliphatic carbocycles. The lowest BCUT2D eigenvalue weighted by atomic mass is 9.95. The van der Waals surface area contributed by atoms with E-state index >= 15 is 0 Å². The lowest BCUT2D eigenvalue weighted by molar-refractivity contribution is -0.121. The van der Waals surface area contributed by atoms with Gasteiger partial charge in [0.1, 0.15) is 11.6 Å². The van der Waals surface area contributed by atoms with Crippen LogP contribution < -0.4 is 5.32 Å². The highest BCUT2D eigenvalue weighted by Gasteiger charge is 2.29. The van der Waals surface area contributed by atoms with Crippen LogP contribution in [0, 0.1) is 17.6 Å². The van der Waals surface area contributed by atoms with Crippen LogP contribution in [-0.2, 0) is 11.8 Å². The third-order valence-corrected chi connectivity index (χ3v) is 6.51. The van der Waals surface area contributed by atoms with Crippen molar-refractivity contribution in [3.63, 3.8) is 0 Å². The zero-order valence-electron chi connectivity index (χ0n) is 17.4. The maximum absolute atomic E-state index is 13.9. The van der Waals surface area contributed by atoms with Gasteiger partial charge >= 0.3 is 0 Å². The number of hydrogen-bond donors (Lipinski definition) is 1. The number of nitrogens with zero attached hydrogens (tertiary/aromatic N) is 3. The van der Waals surface area contributed by atoms with E-state index in [0.29, 0.717) is 37.7 Å². The van der Waals surface area contributed by atoms with E-state index in [1.807, 2.05) is 42.1 Å². The summed E-state index contributed by atoms with van der Waals surface area (Å²) >= 11 is 1.53.